The van der Waals surface area contributed by atoms with Gasteiger partial charge in [0.2, 0.25) is 0 Å². The Hall–Kier alpha value is -2.86. The highest BCUT2D eigenvalue weighted by atomic mass is 32.2. The number of aromatic carboxylic acids is 1. The van der Waals surface area contributed by atoms with E-state index in [-0.39, 0.29) is 17.5 Å². The van der Waals surface area contributed by atoms with Gasteiger partial charge in [0.05, 0.1) is 16.6 Å². The number of para-hydroxylation sites is 1. The van der Waals surface area contributed by atoms with Crippen molar-refractivity contribution in [3.8, 4) is 0 Å². The molecule has 148 valence electrons. The van der Waals surface area contributed by atoms with Crippen LogP contribution in [0.1, 0.15) is 48.0 Å². The zero-order valence-corrected chi connectivity index (χ0v) is 16.7. The van der Waals surface area contributed by atoms with Gasteiger partial charge in [-0.25, -0.2) is 4.99 Å². The van der Waals surface area contributed by atoms with E-state index in [0.29, 0.717) is 10.1 Å². The number of rotatable bonds is 4. The Bertz CT molecular complexity index is 961. The lowest BCUT2D eigenvalue weighted by molar-refractivity contribution is -0.255. The number of hydrogen-bond donors (Lipinski definition) is 0. The Balaban J connectivity index is 1.66. The molecule has 2 aliphatic rings. The fraction of sp³-hybridized carbons (Fsp3) is 0.261. The van der Waals surface area contributed by atoms with Gasteiger partial charge in [-0.2, -0.15) is 0 Å². The maximum Gasteiger partial charge on any atom is 0.267 e. The fourth-order valence-electron chi connectivity index (χ4n) is 3.71. The molecule has 1 saturated carbocycles. The molecule has 0 radical (unpaired) electrons. The van der Waals surface area contributed by atoms with Crippen molar-refractivity contribution in [1.82, 2.24) is 4.90 Å². The van der Waals surface area contributed by atoms with E-state index in [4.69, 9.17) is 4.99 Å². The van der Waals surface area contributed by atoms with Crippen molar-refractivity contribution in [2.75, 3.05) is 0 Å². The summed E-state index contributed by atoms with van der Waals surface area (Å²) in [5.74, 6) is -1.24. The van der Waals surface area contributed by atoms with E-state index in [1.807, 2.05) is 35.2 Å². The molecule has 29 heavy (non-hydrogen) atoms. The van der Waals surface area contributed by atoms with Crippen molar-refractivity contribution < 1.29 is 14.7 Å². The molecule has 2 fully saturated rings. The second-order valence-corrected chi connectivity index (χ2v) is 8.23. The summed E-state index contributed by atoms with van der Waals surface area (Å²) in [5, 5.41) is 11.6. The molecule has 5 nitrogen and oxygen atoms in total. The number of nitrogens with zero attached hydrogens (tertiary/aromatic N) is 2. The van der Waals surface area contributed by atoms with Crippen molar-refractivity contribution >= 4 is 40.6 Å². The smallest absolute Gasteiger partial charge is 0.267 e. The summed E-state index contributed by atoms with van der Waals surface area (Å²) in [6, 6.07) is 16.2. The van der Waals surface area contributed by atoms with Gasteiger partial charge in [0.15, 0.2) is 5.17 Å². The second-order valence-electron chi connectivity index (χ2n) is 7.22. The first-order valence-corrected chi connectivity index (χ1v) is 10.6. The van der Waals surface area contributed by atoms with Gasteiger partial charge in [0.25, 0.3) is 5.91 Å². The van der Waals surface area contributed by atoms with Crippen LogP contribution in [0.5, 0.6) is 0 Å². The van der Waals surface area contributed by atoms with E-state index in [1.54, 1.807) is 18.2 Å². The first-order chi connectivity index (χ1) is 14.1. The molecule has 0 bridgehead atoms. The number of carboxylic acid groups (broad SMARTS) is 1. The number of benzene rings is 2. The average molecular weight is 405 g/mol. The van der Waals surface area contributed by atoms with E-state index >= 15 is 0 Å². The number of thioether (sulfide) groups is 1. The summed E-state index contributed by atoms with van der Waals surface area (Å²) >= 11 is 1.38. The minimum Gasteiger partial charge on any atom is -0.545 e. The van der Waals surface area contributed by atoms with Crippen LogP contribution < -0.4 is 5.11 Å². The lowest BCUT2D eigenvalue weighted by Gasteiger charge is -2.30. The fourth-order valence-corrected chi connectivity index (χ4v) is 4.76. The number of carbonyl (C=O) groups excluding carboxylic acids is 2. The van der Waals surface area contributed by atoms with Gasteiger partial charge in [-0.1, -0.05) is 61.7 Å². The predicted octanol–water partition coefficient (Wildman–Crippen LogP) is 3.99. The van der Waals surface area contributed by atoms with Gasteiger partial charge in [-0.3, -0.25) is 9.69 Å². The van der Waals surface area contributed by atoms with Crippen LogP contribution >= 0.6 is 11.8 Å². The van der Waals surface area contributed by atoms with Crippen molar-refractivity contribution in [2.24, 2.45) is 4.99 Å². The SMILES string of the molecule is O=C([O-])c1ccc(/C=C2/SC(=Nc3ccccc3)N(C3CCCCC3)C2=O)cc1. The summed E-state index contributed by atoms with van der Waals surface area (Å²) in [5.41, 5.74) is 1.71. The number of carbonyl (C=O) groups is 2. The zero-order valence-electron chi connectivity index (χ0n) is 15.9. The van der Waals surface area contributed by atoms with Crippen LogP contribution in [0.3, 0.4) is 0 Å². The van der Waals surface area contributed by atoms with Crippen LogP contribution in [0.2, 0.25) is 0 Å². The number of hydrogen-bond acceptors (Lipinski definition) is 5. The third-order valence-electron chi connectivity index (χ3n) is 5.20. The largest absolute Gasteiger partial charge is 0.545 e. The lowest BCUT2D eigenvalue weighted by atomic mass is 9.94. The van der Waals surface area contributed by atoms with Crippen LogP contribution in [0.15, 0.2) is 64.5 Å². The number of amidine groups is 1. The predicted molar refractivity (Wildman–Crippen MR) is 114 cm³/mol. The summed E-state index contributed by atoms with van der Waals surface area (Å²) < 4.78 is 0. The van der Waals surface area contributed by atoms with Gasteiger partial charge >= 0.3 is 0 Å². The van der Waals surface area contributed by atoms with Crippen molar-refractivity contribution in [2.45, 2.75) is 38.1 Å². The Kier molecular flexibility index (Phi) is 5.81. The van der Waals surface area contributed by atoms with Gasteiger partial charge in [-0.15, -0.1) is 0 Å². The first kappa shape index (κ1) is 19.5. The molecule has 1 saturated heterocycles. The molecule has 1 aliphatic carbocycles. The maximum atomic E-state index is 13.2. The molecule has 1 heterocycles. The quantitative estimate of drug-likeness (QED) is 0.721. The lowest BCUT2D eigenvalue weighted by Crippen LogP contribution is -2.40. The molecule has 2 aromatic rings. The normalized spacial score (nSPS) is 20.6. The van der Waals surface area contributed by atoms with Gasteiger partial charge < -0.3 is 9.90 Å². The maximum absolute atomic E-state index is 13.2. The van der Waals surface area contributed by atoms with Gasteiger partial charge in [0.1, 0.15) is 0 Å². The van der Waals surface area contributed by atoms with E-state index in [0.717, 1.165) is 36.9 Å². The van der Waals surface area contributed by atoms with Crippen molar-refractivity contribution in [1.29, 1.82) is 0 Å². The Morgan fingerprint density at radius 2 is 1.72 bits per heavy atom. The Morgan fingerprint density at radius 1 is 1.03 bits per heavy atom. The molecule has 0 atom stereocenters. The third-order valence-corrected chi connectivity index (χ3v) is 6.18. The van der Waals surface area contributed by atoms with Crippen LogP contribution in [0.25, 0.3) is 6.08 Å². The molecule has 0 aromatic heterocycles. The molecule has 0 unspecified atom stereocenters. The summed E-state index contributed by atoms with van der Waals surface area (Å²) in [6.07, 6.45) is 7.25. The van der Waals surface area contributed by atoms with E-state index in [2.05, 4.69) is 0 Å². The number of aliphatic imine (C=N–C) groups is 1. The van der Waals surface area contributed by atoms with Gasteiger partial charge in [0, 0.05) is 6.04 Å². The summed E-state index contributed by atoms with van der Waals surface area (Å²) in [4.78, 5) is 31.4. The highest BCUT2D eigenvalue weighted by molar-refractivity contribution is 8.18. The zero-order chi connectivity index (χ0) is 20.2. The Morgan fingerprint density at radius 3 is 2.38 bits per heavy atom. The molecular weight excluding hydrogens is 384 g/mol. The highest BCUT2D eigenvalue weighted by Gasteiger charge is 2.38. The minimum atomic E-state index is -1.21. The molecule has 0 N–H and O–H groups in total. The summed E-state index contributed by atoms with van der Waals surface area (Å²) in [7, 11) is 0. The van der Waals surface area contributed by atoms with Crippen LogP contribution in [-0.2, 0) is 4.79 Å². The Labute approximate surface area is 174 Å². The van der Waals surface area contributed by atoms with Crippen molar-refractivity contribution in [3.63, 3.8) is 0 Å². The molecule has 4 rings (SSSR count). The molecule has 1 amide bonds. The second kappa shape index (κ2) is 8.66. The van der Waals surface area contributed by atoms with Crippen LogP contribution in [0.4, 0.5) is 5.69 Å². The first-order valence-electron chi connectivity index (χ1n) is 9.80. The van der Waals surface area contributed by atoms with E-state index in [1.165, 1.54) is 30.3 Å². The monoisotopic (exact) mass is 405 g/mol. The molecular formula is C23H21N2O3S-. The minimum absolute atomic E-state index is 0.0273. The number of carboxylic acids is 1. The van der Waals surface area contributed by atoms with Gasteiger partial charge in [-0.05, 0) is 53.9 Å². The third kappa shape index (κ3) is 4.43. The van der Waals surface area contributed by atoms with E-state index in [9.17, 15) is 14.7 Å². The standard InChI is InChI=1S/C23H22N2O3S/c26-21-20(15-16-11-13-17(14-12-16)22(27)28)29-23(24-18-7-3-1-4-8-18)25(21)19-9-5-2-6-10-19/h1,3-4,7-8,11-15,19H,2,5-6,9-10H2,(H,27,28)/p-1/b20-15+,24-23?. The molecule has 2 aromatic carbocycles. The van der Waals surface area contributed by atoms with Crippen molar-refractivity contribution in [3.05, 3.63) is 70.6 Å². The average Bonchev–Trinajstić information content (AvgIpc) is 3.04. The summed E-state index contributed by atoms with van der Waals surface area (Å²) in [6.45, 7) is 0. The van der Waals surface area contributed by atoms with Crippen LogP contribution in [-0.4, -0.2) is 28.0 Å². The molecule has 0 spiro atoms. The van der Waals surface area contributed by atoms with E-state index < -0.39 is 5.97 Å². The number of amides is 1. The molecule has 1 aliphatic heterocycles. The topological polar surface area (TPSA) is 72.8 Å². The molecule has 6 heteroatoms. The van der Waals surface area contributed by atoms with Crippen LogP contribution in [0, 0.1) is 0 Å². The highest BCUT2D eigenvalue weighted by Crippen LogP contribution is 2.38.